The Morgan fingerprint density at radius 2 is 1.74 bits per heavy atom. The third-order valence-electron chi connectivity index (χ3n) is 6.75. The molecule has 0 radical (unpaired) electrons. The summed E-state index contributed by atoms with van der Waals surface area (Å²) in [5, 5.41) is 4.19. The lowest BCUT2D eigenvalue weighted by Gasteiger charge is -2.31. The average molecular weight is 454 g/mol. The fourth-order valence-electron chi connectivity index (χ4n) is 4.87. The number of rotatable bonds is 6. The van der Waals surface area contributed by atoms with Gasteiger partial charge in [-0.25, -0.2) is 9.97 Å². The van der Waals surface area contributed by atoms with Crippen molar-refractivity contribution in [1.29, 1.82) is 0 Å². The second-order valence-corrected chi connectivity index (χ2v) is 8.92. The predicted molar refractivity (Wildman–Crippen MR) is 129 cm³/mol. The van der Waals surface area contributed by atoms with Crippen molar-refractivity contribution in [2.45, 2.75) is 31.8 Å². The van der Waals surface area contributed by atoms with Crippen LogP contribution >= 0.6 is 0 Å². The average Bonchev–Trinajstić information content (AvgIpc) is 3.61. The largest absolute Gasteiger partial charge is 0.334 e. The highest BCUT2D eigenvalue weighted by molar-refractivity contribution is 5.75. The molecule has 0 amide bonds. The maximum Gasteiger partial charge on any atom is 0.257 e. The van der Waals surface area contributed by atoms with E-state index in [1.165, 1.54) is 5.52 Å². The first-order chi connectivity index (χ1) is 16.7. The Kier molecular flexibility index (Phi) is 5.43. The van der Waals surface area contributed by atoms with E-state index in [4.69, 9.17) is 14.5 Å². The van der Waals surface area contributed by atoms with Gasteiger partial charge in [-0.1, -0.05) is 35.5 Å². The number of likely N-dealkylation sites (tertiary alicyclic amines) is 1. The number of hydrogen-bond donors (Lipinski definition) is 0. The van der Waals surface area contributed by atoms with Gasteiger partial charge in [-0.2, -0.15) is 4.98 Å². The Balaban J connectivity index is 1.10. The molecule has 0 bridgehead atoms. The number of para-hydroxylation sites is 2. The summed E-state index contributed by atoms with van der Waals surface area (Å²) in [5.74, 6) is 3.86. The molecule has 1 fully saturated rings. The molecule has 8 nitrogen and oxygen atoms in total. The maximum atomic E-state index is 5.48. The number of imidazole rings is 2. The van der Waals surface area contributed by atoms with Crippen LogP contribution in [0.1, 0.15) is 36.2 Å². The molecule has 0 atom stereocenters. The molecular formula is C26H27N7O. The van der Waals surface area contributed by atoms with E-state index in [1.54, 1.807) is 0 Å². The molecule has 0 spiro atoms. The summed E-state index contributed by atoms with van der Waals surface area (Å²) in [5.41, 5.74) is 3.18. The lowest BCUT2D eigenvalue weighted by Crippen LogP contribution is -2.34. The van der Waals surface area contributed by atoms with Crippen LogP contribution in [0.4, 0.5) is 0 Å². The molecule has 0 saturated carbocycles. The summed E-state index contributed by atoms with van der Waals surface area (Å²) in [4.78, 5) is 16.6. The van der Waals surface area contributed by atoms with E-state index in [-0.39, 0.29) is 0 Å². The minimum absolute atomic E-state index is 0.423. The van der Waals surface area contributed by atoms with Gasteiger partial charge in [0.25, 0.3) is 5.89 Å². The van der Waals surface area contributed by atoms with Crippen LogP contribution in [-0.4, -0.2) is 47.2 Å². The molecule has 3 aromatic heterocycles. The van der Waals surface area contributed by atoms with Crippen molar-refractivity contribution in [2.75, 3.05) is 13.1 Å². The second kappa shape index (κ2) is 8.87. The smallest absolute Gasteiger partial charge is 0.257 e. The van der Waals surface area contributed by atoms with Gasteiger partial charge in [0.2, 0.25) is 0 Å². The molecule has 0 N–H and O–H groups in total. The summed E-state index contributed by atoms with van der Waals surface area (Å²) < 4.78 is 9.85. The Labute approximate surface area is 197 Å². The van der Waals surface area contributed by atoms with Crippen LogP contribution in [0.3, 0.4) is 0 Å². The van der Waals surface area contributed by atoms with Crippen molar-refractivity contribution in [2.24, 2.45) is 7.05 Å². The summed E-state index contributed by atoms with van der Waals surface area (Å²) in [7, 11) is 2.11. The van der Waals surface area contributed by atoms with Gasteiger partial charge in [-0.05, 0) is 50.2 Å². The van der Waals surface area contributed by atoms with Gasteiger partial charge in [-0.3, -0.25) is 4.90 Å². The van der Waals surface area contributed by atoms with Crippen molar-refractivity contribution in [1.82, 2.24) is 34.1 Å². The molecule has 1 aliphatic rings. The highest BCUT2D eigenvalue weighted by Gasteiger charge is 2.25. The van der Waals surface area contributed by atoms with Crippen LogP contribution < -0.4 is 0 Å². The zero-order chi connectivity index (χ0) is 22.9. The third kappa shape index (κ3) is 4.01. The number of piperidine rings is 1. The Morgan fingerprint density at radius 3 is 2.56 bits per heavy atom. The van der Waals surface area contributed by atoms with E-state index < -0.39 is 0 Å². The molecule has 2 aromatic carbocycles. The van der Waals surface area contributed by atoms with E-state index in [0.717, 1.165) is 55.2 Å². The third-order valence-corrected chi connectivity index (χ3v) is 6.75. The summed E-state index contributed by atoms with van der Waals surface area (Å²) in [6.45, 7) is 3.49. The van der Waals surface area contributed by atoms with Crippen LogP contribution in [0.25, 0.3) is 22.5 Å². The standard InChI is InChI=1S/C26H27N7O/c1-31-22-10-6-5-9-21(22)28-24(31)18-32-14-11-19(12-15-32)25-27-13-16-33(25)17-23-29-26(34-30-23)20-7-3-2-4-8-20/h2-10,13,16,19H,11-12,14-15,17-18H2,1H3. The minimum Gasteiger partial charge on any atom is -0.334 e. The zero-order valence-electron chi connectivity index (χ0n) is 19.2. The van der Waals surface area contributed by atoms with E-state index in [1.807, 2.05) is 48.8 Å². The van der Waals surface area contributed by atoms with Crippen molar-refractivity contribution in [3.8, 4) is 11.5 Å². The molecule has 5 aromatic rings. The molecular weight excluding hydrogens is 426 g/mol. The second-order valence-electron chi connectivity index (χ2n) is 8.92. The van der Waals surface area contributed by atoms with Crippen molar-refractivity contribution in [3.05, 3.63) is 84.5 Å². The number of aromatic nitrogens is 6. The fourth-order valence-corrected chi connectivity index (χ4v) is 4.87. The molecule has 6 rings (SSSR count). The van der Waals surface area contributed by atoms with Crippen LogP contribution in [0.15, 0.2) is 71.5 Å². The van der Waals surface area contributed by atoms with Crippen LogP contribution in [-0.2, 0) is 20.1 Å². The normalized spacial score (nSPS) is 15.3. The van der Waals surface area contributed by atoms with Gasteiger partial charge in [-0.15, -0.1) is 0 Å². The van der Waals surface area contributed by atoms with E-state index >= 15 is 0 Å². The van der Waals surface area contributed by atoms with Crippen LogP contribution in [0.2, 0.25) is 0 Å². The lowest BCUT2D eigenvalue weighted by atomic mass is 9.96. The maximum absolute atomic E-state index is 5.48. The number of aryl methyl sites for hydroxylation is 1. The monoisotopic (exact) mass is 453 g/mol. The van der Waals surface area contributed by atoms with Crippen molar-refractivity contribution in [3.63, 3.8) is 0 Å². The van der Waals surface area contributed by atoms with Gasteiger partial charge < -0.3 is 13.7 Å². The molecule has 172 valence electrons. The quantitative estimate of drug-likeness (QED) is 0.383. The molecule has 0 unspecified atom stereocenters. The summed E-state index contributed by atoms with van der Waals surface area (Å²) >= 11 is 0. The van der Waals surface area contributed by atoms with Crippen molar-refractivity contribution >= 4 is 11.0 Å². The van der Waals surface area contributed by atoms with E-state index in [0.29, 0.717) is 24.2 Å². The van der Waals surface area contributed by atoms with E-state index in [2.05, 4.69) is 49.4 Å². The van der Waals surface area contributed by atoms with Crippen molar-refractivity contribution < 1.29 is 4.52 Å². The topological polar surface area (TPSA) is 77.8 Å². The first-order valence-electron chi connectivity index (χ1n) is 11.8. The fraction of sp³-hybridized carbons (Fsp3) is 0.308. The zero-order valence-corrected chi connectivity index (χ0v) is 19.2. The number of hydrogen-bond acceptors (Lipinski definition) is 6. The molecule has 34 heavy (non-hydrogen) atoms. The van der Waals surface area contributed by atoms with Gasteiger partial charge >= 0.3 is 0 Å². The van der Waals surface area contributed by atoms with E-state index in [9.17, 15) is 0 Å². The first-order valence-corrected chi connectivity index (χ1v) is 11.8. The Bertz CT molecular complexity index is 1390. The Hall–Kier alpha value is -3.78. The molecule has 4 heterocycles. The summed E-state index contributed by atoms with van der Waals surface area (Å²) in [6.07, 6.45) is 6.03. The van der Waals surface area contributed by atoms with Gasteiger partial charge in [0.15, 0.2) is 5.82 Å². The highest BCUT2D eigenvalue weighted by atomic mass is 16.5. The summed E-state index contributed by atoms with van der Waals surface area (Å²) in [6, 6.07) is 18.2. The molecule has 1 saturated heterocycles. The van der Waals surface area contributed by atoms with Crippen LogP contribution in [0.5, 0.6) is 0 Å². The Morgan fingerprint density at radius 1 is 0.941 bits per heavy atom. The van der Waals surface area contributed by atoms with Crippen LogP contribution in [0, 0.1) is 0 Å². The lowest BCUT2D eigenvalue weighted by molar-refractivity contribution is 0.194. The minimum atomic E-state index is 0.423. The number of nitrogens with zero attached hydrogens (tertiary/aromatic N) is 7. The molecule has 8 heteroatoms. The molecule has 1 aliphatic heterocycles. The predicted octanol–water partition coefficient (Wildman–Crippen LogP) is 4.25. The number of benzene rings is 2. The number of fused-ring (bicyclic) bond motifs is 1. The highest BCUT2D eigenvalue weighted by Crippen LogP contribution is 2.28. The first kappa shape index (κ1) is 20.8. The molecule has 0 aliphatic carbocycles. The SMILES string of the molecule is Cn1c(CN2CCC(c3nccn3Cc3noc(-c4ccccc4)n3)CC2)nc2ccccc21. The van der Waals surface area contributed by atoms with Gasteiger partial charge in [0, 0.05) is 30.9 Å². The van der Waals surface area contributed by atoms with Gasteiger partial charge in [0.1, 0.15) is 11.6 Å². The van der Waals surface area contributed by atoms with Gasteiger partial charge in [0.05, 0.1) is 24.1 Å².